The van der Waals surface area contributed by atoms with Crippen LogP contribution in [0.25, 0.3) is 109 Å². The standard InChI is InChI=1S/C54H34N2S/c1-2-13-37(14-3-1)54-55-50(44-18-10-17-40(29-44)41-23-21-35-11-4-6-15-38(35)27-41)34-51(56-54)47-31-45(42-24-22-36-12-5-7-16-39(36)28-42)30-46(32-47)43-25-26-53-49(33-43)48-19-8-9-20-52(48)57-53/h1-34H. The van der Waals surface area contributed by atoms with Crippen LogP contribution in [0, 0.1) is 0 Å². The van der Waals surface area contributed by atoms with Gasteiger partial charge in [0.15, 0.2) is 5.82 Å². The fourth-order valence-electron chi connectivity index (χ4n) is 8.07. The first kappa shape index (κ1) is 33.2. The molecule has 0 saturated heterocycles. The summed E-state index contributed by atoms with van der Waals surface area (Å²) in [5, 5.41) is 7.49. The van der Waals surface area contributed by atoms with Crippen molar-refractivity contribution in [2.24, 2.45) is 0 Å². The number of fused-ring (bicyclic) bond motifs is 5. The number of benzene rings is 9. The van der Waals surface area contributed by atoms with Gasteiger partial charge in [0.1, 0.15) is 0 Å². The zero-order valence-corrected chi connectivity index (χ0v) is 31.7. The highest BCUT2D eigenvalue weighted by Gasteiger charge is 2.15. The second-order valence-electron chi connectivity index (χ2n) is 14.6. The van der Waals surface area contributed by atoms with E-state index in [2.05, 4.69) is 188 Å². The van der Waals surface area contributed by atoms with E-state index >= 15 is 0 Å². The maximum absolute atomic E-state index is 5.31. The largest absolute Gasteiger partial charge is 0.228 e. The van der Waals surface area contributed by atoms with Gasteiger partial charge >= 0.3 is 0 Å². The number of nitrogens with zero attached hydrogens (tertiary/aromatic N) is 2. The van der Waals surface area contributed by atoms with Crippen LogP contribution in [-0.2, 0) is 0 Å². The molecule has 0 unspecified atom stereocenters. The Kier molecular flexibility index (Phi) is 8.04. The predicted molar refractivity (Wildman–Crippen MR) is 243 cm³/mol. The van der Waals surface area contributed by atoms with Gasteiger partial charge in [0.2, 0.25) is 0 Å². The Morgan fingerprint density at radius 3 is 1.49 bits per heavy atom. The van der Waals surface area contributed by atoms with Crippen molar-refractivity contribution in [3.05, 3.63) is 206 Å². The fourth-order valence-corrected chi connectivity index (χ4v) is 9.16. The minimum atomic E-state index is 0.697. The molecular formula is C54H34N2S. The van der Waals surface area contributed by atoms with Crippen LogP contribution in [0.15, 0.2) is 206 Å². The summed E-state index contributed by atoms with van der Waals surface area (Å²) in [6.45, 7) is 0. The minimum absolute atomic E-state index is 0.697. The fraction of sp³-hybridized carbons (Fsp3) is 0. The van der Waals surface area contributed by atoms with Crippen molar-refractivity contribution in [1.29, 1.82) is 0 Å². The van der Waals surface area contributed by atoms with Gasteiger partial charge in [0.05, 0.1) is 11.4 Å². The smallest absolute Gasteiger partial charge is 0.160 e. The number of hydrogen-bond acceptors (Lipinski definition) is 3. The number of thiophene rings is 1. The summed E-state index contributed by atoms with van der Waals surface area (Å²) in [6, 6.07) is 74.2. The van der Waals surface area contributed by atoms with E-state index in [1.807, 2.05) is 29.5 Å². The molecule has 2 heterocycles. The number of rotatable bonds is 6. The van der Waals surface area contributed by atoms with Crippen LogP contribution < -0.4 is 0 Å². The van der Waals surface area contributed by atoms with Gasteiger partial charge in [-0.05, 0) is 116 Å². The maximum atomic E-state index is 5.31. The average Bonchev–Trinajstić information content (AvgIpc) is 3.67. The van der Waals surface area contributed by atoms with Crippen LogP contribution in [0.2, 0.25) is 0 Å². The quantitative estimate of drug-likeness (QED) is 0.170. The zero-order valence-electron chi connectivity index (χ0n) is 30.9. The van der Waals surface area contributed by atoms with Crippen LogP contribution in [0.1, 0.15) is 0 Å². The number of aromatic nitrogens is 2. The van der Waals surface area contributed by atoms with Crippen LogP contribution in [0.3, 0.4) is 0 Å². The molecule has 0 spiro atoms. The van der Waals surface area contributed by atoms with E-state index in [4.69, 9.17) is 9.97 Å². The van der Waals surface area contributed by atoms with E-state index in [1.165, 1.54) is 58.4 Å². The van der Waals surface area contributed by atoms with E-state index in [1.54, 1.807) is 0 Å². The lowest BCUT2D eigenvalue weighted by Gasteiger charge is -2.14. The molecule has 0 N–H and O–H groups in total. The van der Waals surface area contributed by atoms with Gasteiger partial charge in [-0.25, -0.2) is 9.97 Å². The normalized spacial score (nSPS) is 11.5. The molecule has 0 radical (unpaired) electrons. The molecule has 0 fully saturated rings. The van der Waals surface area contributed by atoms with Crippen LogP contribution in [-0.4, -0.2) is 9.97 Å². The summed E-state index contributed by atoms with van der Waals surface area (Å²) < 4.78 is 2.60. The van der Waals surface area contributed by atoms with Gasteiger partial charge in [0.25, 0.3) is 0 Å². The van der Waals surface area contributed by atoms with Gasteiger partial charge in [-0.1, -0.05) is 146 Å². The Morgan fingerprint density at radius 2 is 0.754 bits per heavy atom. The first-order valence-corrected chi connectivity index (χ1v) is 20.1. The van der Waals surface area contributed by atoms with E-state index in [0.717, 1.165) is 44.8 Å². The Labute approximate surface area is 335 Å². The predicted octanol–water partition coefficient (Wildman–Crippen LogP) is 15.2. The topological polar surface area (TPSA) is 25.8 Å². The minimum Gasteiger partial charge on any atom is -0.228 e. The molecular weight excluding hydrogens is 709 g/mol. The molecule has 9 aromatic carbocycles. The first-order valence-electron chi connectivity index (χ1n) is 19.3. The van der Waals surface area contributed by atoms with Crippen molar-refractivity contribution < 1.29 is 0 Å². The van der Waals surface area contributed by atoms with Crippen LogP contribution in [0.4, 0.5) is 0 Å². The molecule has 0 amide bonds. The molecule has 0 aliphatic rings. The van der Waals surface area contributed by atoms with E-state index in [0.29, 0.717) is 5.82 Å². The van der Waals surface area contributed by atoms with E-state index in [-0.39, 0.29) is 0 Å². The lowest BCUT2D eigenvalue weighted by Crippen LogP contribution is -1.97. The summed E-state index contributed by atoms with van der Waals surface area (Å²) in [7, 11) is 0. The van der Waals surface area contributed by atoms with E-state index < -0.39 is 0 Å². The van der Waals surface area contributed by atoms with Crippen molar-refractivity contribution in [3.63, 3.8) is 0 Å². The van der Waals surface area contributed by atoms with E-state index in [9.17, 15) is 0 Å². The summed E-state index contributed by atoms with van der Waals surface area (Å²) in [6.07, 6.45) is 0. The molecule has 2 aromatic heterocycles. The first-order chi connectivity index (χ1) is 28.2. The maximum Gasteiger partial charge on any atom is 0.160 e. The highest BCUT2D eigenvalue weighted by Crippen LogP contribution is 2.40. The molecule has 57 heavy (non-hydrogen) atoms. The highest BCUT2D eigenvalue weighted by molar-refractivity contribution is 7.25. The monoisotopic (exact) mass is 742 g/mol. The van der Waals surface area contributed by atoms with Gasteiger partial charge in [-0.2, -0.15) is 0 Å². The third-order valence-corrected chi connectivity index (χ3v) is 12.2. The van der Waals surface area contributed by atoms with Crippen molar-refractivity contribution in [2.45, 2.75) is 0 Å². The SMILES string of the molecule is c1ccc(-c2nc(-c3cccc(-c4ccc5ccccc5c4)c3)cc(-c3cc(-c4ccc5ccccc5c4)cc(-c4ccc5sc6ccccc6c5c4)c3)n2)cc1. The Balaban J connectivity index is 1.10. The summed E-state index contributed by atoms with van der Waals surface area (Å²) in [4.78, 5) is 10.5. The molecule has 0 atom stereocenters. The molecule has 0 aliphatic heterocycles. The van der Waals surface area contributed by atoms with Crippen molar-refractivity contribution >= 4 is 53.1 Å². The molecule has 0 aliphatic carbocycles. The lowest BCUT2D eigenvalue weighted by molar-refractivity contribution is 1.18. The summed E-state index contributed by atoms with van der Waals surface area (Å²) in [5.41, 5.74) is 11.8. The molecule has 0 bridgehead atoms. The molecule has 2 nitrogen and oxygen atoms in total. The molecule has 11 aromatic rings. The average molecular weight is 743 g/mol. The summed E-state index contributed by atoms with van der Waals surface area (Å²) >= 11 is 1.85. The second-order valence-corrected chi connectivity index (χ2v) is 15.7. The van der Waals surface area contributed by atoms with Crippen LogP contribution >= 0.6 is 11.3 Å². The molecule has 266 valence electrons. The Bertz CT molecular complexity index is 3310. The lowest BCUT2D eigenvalue weighted by atomic mass is 9.93. The van der Waals surface area contributed by atoms with Gasteiger partial charge < -0.3 is 0 Å². The third kappa shape index (κ3) is 6.25. The van der Waals surface area contributed by atoms with Crippen LogP contribution in [0.5, 0.6) is 0 Å². The van der Waals surface area contributed by atoms with Gasteiger partial charge in [-0.3, -0.25) is 0 Å². The molecule has 0 saturated carbocycles. The zero-order chi connectivity index (χ0) is 37.7. The Hall–Kier alpha value is -7.20. The third-order valence-electron chi connectivity index (χ3n) is 11.0. The van der Waals surface area contributed by atoms with Crippen molar-refractivity contribution in [3.8, 4) is 67.3 Å². The summed E-state index contributed by atoms with van der Waals surface area (Å²) in [5.74, 6) is 0.697. The van der Waals surface area contributed by atoms with Crippen molar-refractivity contribution in [2.75, 3.05) is 0 Å². The molecule has 11 rings (SSSR count). The number of hydrogen-bond donors (Lipinski definition) is 0. The molecule has 3 heteroatoms. The van der Waals surface area contributed by atoms with Gasteiger partial charge in [0, 0.05) is 36.9 Å². The van der Waals surface area contributed by atoms with Crippen molar-refractivity contribution in [1.82, 2.24) is 9.97 Å². The second kappa shape index (κ2) is 13.8. The van der Waals surface area contributed by atoms with Gasteiger partial charge in [-0.15, -0.1) is 11.3 Å². The highest BCUT2D eigenvalue weighted by atomic mass is 32.1. The Morgan fingerprint density at radius 1 is 0.263 bits per heavy atom.